The monoisotopic (exact) mass is 433 g/mol. The van der Waals surface area contributed by atoms with Crippen LogP contribution in [0.25, 0.3) is 0 Å². The molecule has 2 N–H and O–H groups in total. The van der Waals surface area contributed by atoms with Crippen molar-refractivity contribution < 1.29 is 9.72 Å². The van der Waals surface area contributed by atoms with Crippen molar-refractivity contribution in [3.63, 3.8) is 0 Å². The third-order valence-electron chi connectivity index (χ3n) is 4.09. The first-order valence-electron chi connectivity index (χ1n) is 8.67. The van der Waals surface area contributed by atoms with Crippen molar-refractivity contribution in [2.45, 2.75) is 13.0 Å². The summed E-state index contributed by atoms with van der Waals surface area (Å²) in [7, 11) is 0. The molecule has 10 heteroatoms. The maximum Gasteiger partial charge on any atom is 0.292 e. The third-order valence-corrected chi connectivity index (χ3v) is 4.67. The standard InChI is InChI=1S/C19H17Cl2N5O3/c20-14-6-5-13(15(21)11-14)12-25-18(7-10-23-25)24-19(27)8-9-22-16-3-1-2-4-17(16)26(28)29/h1-7,10-11,22H,8-9,12H2,(H,24,27). The Hall–Kier alpha value is -3.10. The number of aromatic nitrogens is 2. The van der Waals surface area contributed by atoms with Gasteiger partial charge in [-0.05, 0) is 23.8 Å². The van der Waals surface area contributed by atoms with E-state index in [2.05, 4.69) is 15.7 Å². The van der Waals surface area contributed by atoms with Gasteiger partial charge in [0, 0.05) is 35.1 Å². The molecule has 0 atom stereocenters. The van der Waals surface area contributed by atoms with Crippen LogP contribution in [0.2, 0.25) is 10.0 Å². The molecule has 0 saturated carbocycles. The minimum Gasteiger partial charge on any atom is -0.379 e. The van der Waals surface area contributed by atoms with Gasteiger partial charge < -0.3 is 10.6 Å². The molecule has 0 aliphatic carbocycles. The molecule has 1 aromatic heterocycles. The average Bonchev–Trinajstić information content (AvgIpc) is 3.11. The van der Waals surface area contributed by atoms with Crippen LogP contribution in [0.15, 0.2) is 54.7 Å². The minimum atomic E-state index is -0.469. The number of amides is 1. The van der Waals surface area contributed by atoms with Crippen molar-refractivity contribution in [3.05, 3.63) is 80.5 Å². The first-order valence-corrected chi connectivity index (χ1v) is 9.42. The van der Waals surface area contributed by atoms with Crippen molar-refractivity contribution >= 4 is 46.3 Å². The van der Waals surface area contributed by atoms with Crippen LogP contribution in [0.5, 0.6) is 0 Å². The topological polar surface area (TPSA) is 102 Å². The normalized spacial score (nSPS) is 10.6. The van der Waals surface area contributed by atoms with Crippen molar-refractivity contribution in [2.75, 3.05) is 17.2 Å². The Morgan fingerprint density at radius 2 is 1.97 bits per heavy atom. The number of nitrogens with one attached hydrogen (secondary N) is 2. The maximum atomic E-state index is 12.3. The summed E-state index contributed by atoms with van der Waals surface area (Å²) in [5.74, 6) is 0.270. The number of carbonyl (C=O) groups is 1. The quantitative estimate of drug-likeness (QED) is 0.399. The second-order valence-electron chi connectivity index (χ2n) is 6.11. The summed E-state index contributed by atoms with van der Waals surface area (Å²) in [6.45, 7) is 0.612. The zero-order valence-electron chi connectivity index (χ0n) is 15.1. The summed E-state index contributed by atoms with van der Waals surface area (Å²) in [4.78, 5) is 22.8. The van der Waals surface area contributed by atoms with E-state index < -0.39 is 4.92 Å². The maximum absolute atomic E-state index is 12.3. The van der Waals surface area contributed by atoms with Crippen LogP contribution in [0.4, 0.5) is 17.2 Å². The van der Waals surface area contributed by atoms with Crippen molar-refractivity contribution in [1.82, 2.24) is 9.78 Å². The van der Waals surface area contributed by atoms with Gasteiger partial charge in [-0.25, -0.2) is 4.68 Å². The lowest BCUT2D eigenvalue weighted by Crippen LogP contribution is -2.19. The molecule has 8 nitrogen and oxygen atoms in total. The van der Waals surface area contributed by atoms with E-state index in [-0.39, 0.29) is 24.6 Å². The van der Waals surface area contributed by atoms with Gasteiger partial charge in [0.05, 0.1) is 17.7 Å². The number of carbonyl (C=O) groups excluding carboxylic acids is 1. The molecule has 0 radical (unpaired) electrons. The number of rotatable bonds is 8. The Morgan fingerprint density at radius 1 is 1.17 bits per heavy atom. The highest BCUT2D eigenvalue weighted by Gasteiger charge is 2.13. The number of benzene rings is 2. The van der Waals surface area contributed by atoms with Gasteiger partial charge in [0.1, 0.15) is 11.5 Å². The zero-order chi connectivity index (χ0) is 20.8. The Bertz CT molecular complexity index is 1040. The van der Waals surface area contributed by atoms with Crippen LogP contribution in [-0.2, 0) is 11.3 Å². The van der Waals surface area contributed by atoms with E-state index in [0.717, 1.165) is 5.56 Å². The van der Waals surface area contributed by atoms with Gasteiger partial charge in [0.15, 0.2) is 0 Å². The van der Waals surface area contributed by atoms with Crippen LogP contribution in [-0.4, -0.2) is 27.2 Å². The van der Waals surface area contributed by atoms with Crippen molar-refractivity contribution in [1.29, 1.82) is 0 Å². The van der Waals surface area contributed by atoms with E-state index in [4.69, 9.17) is 23.2 Å². The van der Waals surface area contributed by atoms with Gasteiger partial charge in [-0.15, -0.1) is 0 Å². The van der Waals surface area contributed by atoms with Gasteiger partial charge >= 0.3 is 0 Å². The molecule has 0 aliphatic heterocycles. The predicted octanol–water partition coefficient (Wildman–Crippen LogP) is 4.59. The molecule has 2 aromatic carbocycles. The minimum absolute atomic E-state index is 0.0363. The number of para-hydroxylation sites is 2. The summed E-state index contributed by atoms with van der Waals surface area (Å²) in [5, 5.41) is 22.0. The van der Waals surface area contributed by atoms with E-state index in [1.54, 1.807) is 53.3 Å². The molecule has 3 aromatic rings. The summed E-state index contributed by atoms with van der Waals surface area (Å²) < 4.78 is 1.61. The molecule has 1 heterocycles. The Labute approximate surface area is 176 Å². The number of hydrogen-bond acceptors (Lipinski definition) is 5. The second kappa shape index (κ2) is 9.40. The Balaban J connectivity index is 1.57. The van der Waals surface area contributed by atoms with Crippen LogP contribution in [0.3, 0.4) is 0 Å². The number of nitro benzene ring substituents is 1. The van der Waals surface area contributed by atoms with Gasteiger partial charge in [0.25, 0.3) is 5.69 Å². The number of hydrogen-bond donors (Lipinski definition) is 2. The molecule has 29 heavy (non-hydrogen) atoms. The smallest absolute Gasteiger partial charge is 0.292 e. The molecule has 0 fully saturated rings. The summed E-state index contributed by atoms with van der Waals surface area (Å²) in [6.07, 6.45) is 1.70. The highest BCUT2D eigenvalue weighted by molar-refractivity contribution is 6.35. The van der Waals surface area contributed by atoms with Gasteiger partial charge in [-0.3, -0.25) is 14.9 Å². The highest BCUT2D eigenvalue weighted by atomic mass is 35.5. The molecule has 150 valence electrons. The fourth-order valence-corrected chi connectivity index (χ4v) is 3.14. The molecule has 0 saturated heterocycles. The highest BCUT2D eigenvalue weighted by Crippen LogP contribution is 2.24. The van der Waals surface area contributed by atoms with Crippen molar-refractivity contribution in [3.8, 4) is 0 Å². The van der Waals surface area contributed by atoms with E-state index in [9.17, 15) is 14.9 Å². The van der Waals surface area contributed by atoms with Crippen LogP contribution in [0.1, 0.15) is 12.0 Å². The Kier molecular flexibility index (Phi) is 6.69. The van der Waals surface area contributed by atoms with E-state index in [0.29, 0.717) is 28.1 Å². The van der Waals surface area contributed by atoms with Crippen LogP contribution < -0.4 is 10.6 Å². The van der Waals surface area contributed by atoms with E-state index >= 15 is 0 Å². The summed E-state index contributed by atoms with van der Waals surface area (Å²) in [6, 6.07) is 13.1. The van der Waals surface area contributed by atoms with Gasteiger partial charge in [-0.2, -0.15) is 5.10 Å². The molecule has 0 bridgehead atoms. The zero-order valence-corrected chi connectivity index (χ0v) is 16.7. The summed E-state index contributed by atoms with van der Waals surface area (Å²) in [5.41, 5.74) is 1.15. The first-order chi connectivity index (χ1) is 13.9. The first kappa shape index (κ1) is 20.6. The summed E-state index contributed by atoms with van der Waals surface area (Å²) >= 11 is 12.1. The third kappa shape index (κ3) is 5.46. The molecule has 0 unspecified atom stereocenters. The van der Waals surface area contributed by atoms with Crippen molar-refractivity contribution in [2.24, 2.45) is 0 Å². The molecular formula is C19H17Cl2N5O3. The fourth-order valence-electron chi connectivity index (χ4n) is 2.67. The molecule has 0 aliphatic rings. The lowest BCUT2D eigenvalue weighted by molar-refractivity contribution is -0.384. The SMILES string of the molecule is O=C(CCNc1ccccc1[N+](=O)[O-])Nc1ccnn1Cc1ccc(Cl)cc1Cl. The molecule has 1 amide bonds. The number of nitro groups is 1. The van der Waals surface area contributed by atoms with Gasteiger partial charge in [-0.1, -0.05) is 41.4 Å². The lowest BCUT2D eigenvalue weighted by atomic mass is 10.2. The average molecular weight is 434 g/mol. The van der Waals surface area contributed by atoms with E-state index in [1.165, 1.54) is 6.07 Å². The number of nitrogens with zero attached hydrogens (tertiary/aromatic N) is 3. The molecule has 0 spiro atoms. The molecule has 3 rings (SSSR count). The Morgan fingerprint density at radius 3 is 2.72 bits per heavy atom. The van der Waals surface area contributed by atoms with Crippen LogP contribution >= 0.6 is 23.2 Å². The fraction of sp³-hybridized carbons (Fsp3) is 0.158. The predicted molar refractivity (Wildman–Crippen MR) is 113 cm³/mol. The van der Waals surface area contributed by atoms with E-state index in [1.807, 2.05) is 0 Å². The molecular weight excluding hydrogens is 417 g/mol. The number of anilines is 2. The second-order valence-corrected chi connectivity index (χ2v) is 6.95. The largest absolute Gasteiger partial charge is 0.379 e. The lowest BCUT2D eigenvalue weighted by Gasteiger charge is -2.11. The van der Waals surface area contributed by atoms with Crippen LogP contribution in [0, 0.1) is 10.1 Å². The number of halogens is 2. The van der Waals surface area contributed by atoms with Gasteiger partial charge in [0.2, 0.25) is 5.91 Å².